The normalized spacial score (nSPS) is 15.6. The van der Waals surface area contributed by atoms with Crippen LogP contribution >= 0.6 is 11.3 Å². The fraction of sp³-hybridized carbons (Fsp3) is 0. The summed E-state index contributed by atoms with van der Waals surface area (Å²) < 4.78 is 55.7. The SMILES string of the molecule is O=S1(=O)c2ccccc2S(=O)(=O)c2cc(-c3sccc3-n3c4ccccc4c4ccccc43)ccc21. The number of sulfone groups is 2. The van der Waals surface area contributed by atoms with Crippen LogP contribution in [-0.2, 0) is 19.7 Å². The van der Waals surface area contributed by atoms with Gasteiger partial charge in [-0.3, -0.25) is 0 Å². The van der Waals surface area contributed by atoms with Crippen molar-refractivity contribution in [2.24, 2.45) is 0 Å². The van der Waals surface area contributed by atoms with Crippen LogP contribution < -0.4 is 0 Å². The number of benzene rings is 4. The maximum atomic E-state index is 13.5. The molecule has 2 aromatic heterocycles. The fourth-order valence-electron chi connectivity index (χ4n) is 5.09. The molecule has 4 aromatic carbocycles. The zero-order valence-electron chi connectivity index (χ0n) is 18.6. The third kappa shape index (κ3) is 2.80. The minimum absolute atomic E-state index is 0.174. The Morgan fingerprint density at radius 1 is 0.556 bits per heavy atom. The average Bonchev–Trinajstić information content (AvgIpc) is 3.50. The molecule has 1 aliphatic rings. The lowest BCUT2D eigenvalue weighted by Crippen LogP contribution is -2.19. The first-order valence-electron chi connectivity index (χ1n) is 11.2. The highest BCUT2D eigenvalue weighted by atomic mass is 32.2. The summed E-state index contributed by atoms with van der Waals surface area (Å²) in [5.74, 6) is 0. The van der Waals surface area contributed by atoms with E-state index in [1.54, 1.807) is 12.1 Å². The lowest BCUT2D eigenvalue weighted by atomic mass is 10.1. The molecule has 0 atom stereocenters. The highest BCUT2D eigenvalue weighted by Gasteiger charge is 2.39. The van der Waals surface area contributed by atoms with E-state index in [1.165, 1.54) is 41.7 Å². The van der Waals surface area contributed by atoms with E-state index >= 15 is 0 Å². The molecule has 0 spiro atoms. The number of hydrogen-bond acceptors (Lipinski definition) is 5. The fourth-order valence-corrected chi connectivity index (χ4v) is 10.1. The molecule has 0 saturated carbocycles. The Bertz CT molecular complexity index is 2030. The topological polar surface area (TPSA) is 73.2 Å². The Morgan fingerprint density at radius 2 is 1.08 bits per heavy atom. The number of rotatable bonds is 2. The Morgan fingerprint density at radius 3 is 1.72 bits per heavy atom. The van der Waals surface area contributed by atoms with E-state index in [9.17, 15) is 16.8 Å². The molecule has 0 N–H and O–H groups in total. The van der Waals surface area contributed by atoms with Crippen molar-refractivity contribution in [3.8, 4) is 16.1 Å². The van der Waals surface area contributed by atoms with Crippen LogP contribution in [0.1, 0.15) is 0 Å². The summed E-state index contributed by atoms with van der Waals surface area (Å²) in [6.45, 7) is 0. The summed E-state index contributed by atoms with van der Waals surface area (Å²) in [5, 5.41) is 4.22. The molecule has 8 heteroatoms. The first kappa shape index (κ1) is 21.6. The van der Waals surface area contributed by atoms with Gasteiger partial charge in [0.15, 0.2) is 0 Å². The van der Waals surface area contributed by atoms with Gasteiger partial charge in [-0.2, -0.15) is 0 Å². The Hall–Kier alpha value is -3.72. The van der Waals surface area contributed by atoms with Gasteiger partial charge in [0.25, 0.3) is 0 Å². The molecule has 0 bridgehead atoms. The molecule has 0 saturated heterocycles. The molecule has 7 rings (SSSR count). The second-order valence-corrected chi connectivity index (χ2v) is 13.3. The molecule has 0 unspecified atom stereocenters. The zero-order chi connectivity index (χ0) is 24.7. The van der Waals surface area contributed by atoms with E-state index < -0.39 is 19.7 Å². The smallest absolute Gasteiger partial charge is 0.209 e. The van der Waals surface area contributed by atoms with Gasteiger partial charge in [0, 0.05) is 10.8 Å². The number of nitrogens with zero attached hydrogens (tertiary/aromatic N) is 1. The summed E-state index contributed by atoms with van der Waals surface area (Å²) in [5.41, 5.74) is 3.65. The van der Waals surface area contributed by atoms with Crippen molar-refractivity contribution < 1.29 is 16.8 Å². The molecule has 0 fully saturated rings. The number of para-hydroxylation sites is 2. The van der Waals surface area contributed by atoms with Crippen molar-refractivity contribution in [3.63, 3.8) is 0 Å². The number of aromatic nitrogens is 1. The van der Waals surface area contributed by atoms with Crippen LogP contribution in [0.2, 0.25) is 0 Å². The minimum Gasteiger partial charge on any atom is -0.308 e. The maximum absolute atomic E-state index is 13.5. The van der Waals surface area contributed by atoms with E-state index in [0.29, 0.717) is 5.56 Å². The van der Waals surface area contributed by atoms with Crippen LogP contribution in [-0.4, -0.2) is 21.4 Å². The van der Waals surface area contributed by atoms with Crippen molar-refractivity contribution in [2.45, 2.75) is 19.6 Å². The minimum atomic E-state index is -4.00. The van der Waals surface area contributed by atoms with Crippen molar-refractivity contribution in [3.05, 3.63) is 102 Å². The van der Waals surface area contributed by atoms with Crippen LogP contribution in [0.15, 0.2) is 122 Å². The van der Waals surface area contributed by atoms with Crippen LogP contribution in [0.25, 0.3) is 37.9 Å². The van der Waals surface area contributed by atoms with Gasteiger partial charge in [-0.25, -0.2) is 16.8 Å². The largest absolute Gasteiger partial charge is 0.308 e. The lowest BCUT2D eigenvalue weighted by molar-refractivity contribution is 0.570. The first-order valence-corrected chi connectivity index (χ1v) is 15.0. The molecule has 0 amide bonds. The quantitative estimate of drug-likeness (QED) is 0.258. The Labute approximate surface area is 211 Å². The van der Waals surface area contributed by atoms with Gasteiger partial charge in [-0.1, -0.05) is 54.6 Å². The maximum Gasteiger partial charge on any atom is 0.209 e. The van der Waals surface area contributed by atoms with E-state index in [4.69, 9.17) is 0 Å². The first-order chi connectivity index (χ1) is 17.4. The average molecular weight is 528 g/mol. The lowest BCUT2D eigenvalue weighted by Gasteiger charge is -2.20. The van der Waals surface area contributed by atoms with Crippen molar-refractivity contribution >= 4 is 52.8 Å². The molecule has 0 radical (unpaired) electrons. The van der Waals surface area contributed by atoms with Crippen LogP contribution in [0, 0.1) is 0 Å². The summed E-state index contributed by atoms with van der Waals surface area (Å²) in [6, 6.07) is 28.7. The van der Waals surface area contributed by atoms with E-state index in [1.807, 2.05) is 35.7 Å². The van der Waals surface area contributed by atoms with Gasteiger partial charge < -0.3 is 4.57 Å². The van der Waals surface area contributed by atoms with Gasteiger partial charge in [-0.15, -0.1) is 11.3 Å². The van der Waals surface area contributed by atoms with Crippen molar-refractivity contribution in [1.29, 1.82) is 0 Å². The predicted octanol–water partition coefficient (Wildman–Crippen LogP) is 6.49. The van der Waals surface area contributed by atoms with E-state index in [-0.39, 0.29) is 19.6 Å². The molecule has 36 heavy (non-hydrogen) atoms. The predicted molar refractivity (Wildman–Crippen MR) is 141 cm³/mol. The third-order valence-corrected chi connectivity index (χ3v) is 11.6. The van der Waals surface area contributed by atoms with Crippen molar-refractivity contribution in [2.75, 3.05) is 0 Å². The molecule has 3 heterocycles. The number of thiophene rings is 1. The number of hydrogen-bond donors (Lipinski definition) is 0. The van der Waals surface area contributed by atoms with Gasteiger partial charge in [0.1, 0.15) is 0 Å². The number of fused-ring (bicyclic) bond motifs is 5. The van der Waals surface area contributed by atoms with Gasteiger partial charge in [-0.05, 0) is 53.4 Å². The van der Waals surface area contributed by atoms with E-state index in [2.05, 4.69) is 28.8 Å². The highest BCUT2D eigenvalue weighted by Crippen LogP contribution is 2.44. The summed E-state index contributed by atoms with van der Waals surface area (Å²) in [6.07, 6.45) is 0. The Kier molecular flexibility index (Phi) is 4.43. The molecule has 1 aliphatic heterocycles. The molecule has 176 valence electrons. The second-order valence-electron chi connectivity index (χ2n) is 8.62. The summed E-state index contributed by atoms with van der Waals surface area (Å²) in [7, 11) is -7.95. The van der Waals surface area contributed by atoms with Crippen LogP contribution in [0.5, 0.6) is 0 Å². The van der Waals surface area contributed by atoms with Crippen LogP contribution in [0.3, 0.4) is 0 Å². The van der Waals surface area contributed by atoms with Gasteiger partial charge >= 0.3 is 0 Å². The highest BCUT2D eigenvalue weighted by molar-refractivity contribution is 7.97. The second kappa shape index (κ2) is 7.39. The summed E-state index contributed by atoms with van der Waals surface area (Å²) in [4.78, 5) is 0.145. The molecular weight excluding hydrogens is 511 g/mol. The van der Waals surface area contributed by atoms with Gasteiger partial charge in [0.05, 0.1) is 41.2 Å². The zero-order valence-corrected chi connectivity index (χ0v) is 21.1. The Balaban J connectivity index is 1.49. The monoisotopic (exact) mass is 527 g/mol. The van der Waals surface area contributed by atoms with Crippen molar-refractivity contribution in [1.82, 2.24) is 4.57 Å². The molecule has 6 aromatic rings. The summed E-state index contributed by atoms with van der Waals surface area (Å²) >= 11 is 1.49. The van der Waals surface area contributed by atoms with Crippen LogP contribution in [0.4, 0.5) is 0 Å². The standard InChI is InChI=1S/C28H17NO4S3/c30-35(31)24-11-5-6-12-25(24)36(32,33)27-17-18(13-14-26(27)35)28-23(15-16-34-28)29-21-9-3-1-7-19(21)20-8-2-4-10-22(20)29/h1-17H. The molecular formula is C28H17NO4S3. The molecule has 5 nitrogen and oxygen atoms in total. The van der Waals surface area contributed by atoms with E-state index in [0.717, 1.165) is 32.4 Å². The molecule has 0 aliphatic carbocycles. The van der Waals surface area contributed by atoms with Gasteiger partial charge in [0.2, 0.25) is 19.7 Å². The third-order valence-electron chi connectivity index (χ3n) is 6.68.